The number of nitrogens with zero attached hydrogens (tertiary/aromatic N) is 4. The molecule has 0 saturated carbocycles. The molecular weight excluding hydrogens is 326 g/mol. The smallest absolute Gasteiger partial charge is 0.345 e. The Hall–Kier alpha value is -2.48. The summed E-state index contributed by atoms with van der Waals surface area (Å²) in [5.41, 5.74) is 3.25. The maximum atomic E-state index is 10.9. The van der Waals surface area contributed by atoms with Crippen molar-refractivity contribution in [3.63, 3.8) is 0 Å². The summed E-state index contributed by atoms with van der Waals surface area (Å²) >= 11 is 1.14. The second-order valence-electron chi connectivity index (χ2n) is 6.17. The van der Waals surface area contributed by atoms with Crippen LogP contribution in [-0.4, -0.2) is 33.0 Å². The van der Waals surface area contributed by atoms with Gasteiger partial charge in [-0.2, -0.15) is 0 Å². The fourth-order valence-electron chi connectivity index (χ4n) is 3.20. The molecule has 0 unspecified atom stereocenters. The van der Waals surface area contributed by atoms with E-state index in [2.05, 4.69) is 33.9 Å². The fourth-order valence-corrected chi connectivity index (χ4v) is 3.97. The van der Waals surface area contributed by atoms with Crippen molar-refractivity contribution < 1.29 is 4.92 Å². The molecule has 1 saturated heterocycles. The number of anilines is 1. The largest absolute Gasteiger partial charge is 0.347 e. The predicted octanol–water partition coefficient (Wildman–Crippen LogP) is 3.62. The average molecular weight is 343 g/mol. The van der Waals surface area contributed by atoms with Crippen LogP contribution in [0.1, 0.15) is 30.1 Å². The number of imidazole rings is 1. The molecule has 0 spiro atoms. The molecule has 2 aromatic heterocycles. The Labute approximate surface area is 142 Å². The molecule has 1 fully saturated rings. The minimum Gasteiger partial charge on any atom is -0.347 e. The summed E-state index contributed by atoms with van der Waals surface area (Å²) in [4.78, 5) is 25.0. The number of hydrogen-bond acceptors (Lipinski definition) is 6. The third-order valence-corrected chi connectivity index (χ3v) is 5.41. The third-order valence-electron chi connectivity index (χ3n) is 4.40. The van der Waals surface area contributed by atoms with Crippen molar-refractivity contribution in [2.75, 3.05) is 18.0 Å². The normalized spacial score (nSPS) is 18.2. The predicted molar refractivity (Wildman–Crippen MR) is 93.8 cm³/mol. The summed E-state index contributed by atoms with van der Waals surface area (Å²) in [5.74, 6) is 1.28. The maximum absolute atomic E-state index is 10.9. The molecule has 0 radical (unpaired) electrons. The van der Waals surface area contributed by atoms with E-state index in [-0.39, 0.29) is 15.8 Å². The molecule has 124 valence electrons. The number of thiazole rings is 1. The zero-order valence-corrected chi connectivity index (χ0v) is 14.0. The number of aromatic amines is 1. The Kier molecular flexibility index (Phi) is 3.68. The number of hydrogen-bond donors (Lipinski definition) is 1. The third kappa shape index (κ3) is 2.73. The average Bonchev–Trinajstić information content (AvgIpc) is 3.21. The molecule has 1 aliphatic heterocycles. The van der Waals surface area contributed by atoms with Crippen LogP contribution in [-0.2, 0) is 0 Å². The molecule has 1 aliphatic rings. The monoisotopic (exact) mass is 343 g/mol. The van der Waals surface area contributed by atoms with Crippen molar-refractivity contribution in [3.05, 3.63) is 45.9 Å². The lowest BCUT2D eigenvalue weighted by atomic mass is 9.98. The number of nitro groups is 1. The highest BCUT2D eigenvalue weighted by atomic mass is 32.1. The van der Waals surface area contributed by atoms with Crippen LogP contribution in [0, 0.1) is 17.0 Å². The van der Waals surface area contributed by atoms with Crippen molar-refractivity contribution in [3.8, 4) is 0 Å². The van der Waals surface area contributed by atoms with Gasteiger partial charge in [0.25, 0.3) is 0 Å². The van der Waals surface area contributed by atoms with Crippen molar-refractivity contribution in [2.24, 2.45) is 0 Å². The SMILES string of the molecule is Cc1ccc2nc([C@@H]3CCCN(c4ncc([N+](=O)[O-])s4)C3)[nH]c2c1. The Balaban J connectivity index is 1.57. The molecule has 1 N–H and O–H groups in total. The first-order chi connectivity index (χ1) is 11.6. The van der Waals surface area contributed by atoms with Crippen LogP contribution in [0.4, 0.5) is 10.1 Å². The van der Waals surface area contributed by atoms with Gasteiger partial charge in [0.2, 0.25) is 0 Å². The molecule has 24 heavy (non-hydrogen) atoms. The molecule has 1 aromatic carbocycles. The van der Waals surface area contributed by atoms with Gasteiger partial charge in [0.1, 0.15) is 12.0 Å². The Morgan fingerprint density at radius 1 is 1.46 bits per heavy atom. The number of benzene rings is 1. The Morgan fingerprint density at radius 2 is 2.33 bits per heavy atom. The summed E-state index contributed by atoms with van der Waals surface area (Å²) in [6.45, 7) is 3.72. The highest BCUT2D eigenvalue weighted by Gasteiger charge is 2.26. The lowest BCUT2D eigenvalue weighted by Crippen LogP contribution is -2.34. The van der Waals surface area contributed by atoms with Crippen LogP contribution in [0.25, 0.3) is 11.0 Å². The molecule has 0 aliphatic carbocycles. The van der Waals surface area contributed by atoms with Gasteiger partial charge < -0.3 is 9.88 Å². The van der Waals surface area contributed by atoms with Gasteiger partial charge in [0.15, 0.2) is 5.13 Å². The van der Waals surface area contributed by atoms with Gasteiger partial charge in [0, 0.05) is 19.0 Å². The molecule has 0 amide bonds. The summed E-state index contributed by atoms with van der Waals surface area (Å²) < 4.78 is 0. The first-order valence-corrected chi connectivity index (χ1v) is 8.73. The van der Waals surface area contributed by atoms with Crippen LogP contribution in [0.5, 0.6) is 0 Å². The van der Waals surface area contributed by atoms with E-state index in [0.29, 0.717) is 0 Å². The van der Waals surface area contributed by atoms with Crippen LogP contribution >= 0.6 is 11.3 Å². The molecule has 0 bridgehead atoms. The van der Waals surface area contributed by atoms with Gasteiger partial charge in [-0.25, -0.2) is 9.97 Å². The second-order valence-corrected chi connectivity index (χ2v) is 7.15. The van der Waals surface area contributed by atoms with Gasteiger partial charge in [-0.1, -0.05) is 6.07 Å². The van der Waals surface area contributed by atoms with Crippen LogP contribution in [0.2, 0.25) is 0 Å². The standard InChI is InChI=1S/C16H17N5O2S/c1-10-4-5-12-13(7-10)19-15(18-12)11-3-2-6-20(9-11)16-17-8-14(24-16)21(22)23/h4-5,7-8,11H,2-3,6,9H2,1H3,(H,18,19)/t11-/m1/s1. The Bertz CT molecular complexity index is 903. The maximum Gasteiger partial charge on any atom is 0.345 e. The molecule has 7 nitrogen and oxygen atoms in total. The van der Waals surface area contributed by atoms with Gasteiger partial charge in [0.05, 0.1) is 16.0 Å². The number of fused-ring (bicyclic) bond motifs is 1. The number of piperidine rings is 1. The van der Waals surface area contributed by atoms with E-state index in [1.54, 1.807) is 0 Å². The van der Waals surface area contributed by atoms with Crippen molar-refractivity contribution in [2.45, 2.75) is 25.7 Å². The van der Waals surface area contributed by atoms with Gasteiger partial charge in [-0.05, 0) is 48.8 Å². The molecule has 8 heteroatoms. The lowest BCUT2D eigenvalue weighted by Gasteiger charge is -2.31. The lowest BCUT2D eigenvalue weighted by molar-refractivity contribution is -0.380. The fraction of sp³-hybridized carbons (Fsp3) is 0.375. The molecule has 1 atom stereocenters. The van der Waals surface area contributed by atoms with Crippen molar-refractivity contribution in [1.82, 2.24) is 15.0 Å². The van der Waals surface area contributed by atoms with E-state index < -0.39 is 0 Å². The minimum atomic E-state index is -0.385. The molecular formula is C16H17N5O2S. The van der Waals surface area contributed by atoms with Gasteiger partial charge in [-0.3, -0.25) is 10.1 Å². The minimum absolute atomic E-state index is 0.0892. The van der Waals surface area contributed by atoms with Gasteiger partial charge in [-0.15, -0.1) is 0 Å². The topological polar surface area (TPSA) is 87.9 Å². The molecule has 3 heterocycles. The summed E-state index contributed by atoms with van der Waals surface area (Å²) in [6.07, 6.45) is 3.42. The van der Waals surface area contributed by atoms with E-state index in [9.17, 15) is 10.1 Å². The van der Waals surface area contributed by atoms with E-state index in [0.717, 1.165) is 59.3 Å². The summed E-state index contributed by atoms with van der Waals surface area (Å²) in [6, 6.07) is 6.21. The van der Waals surface area contributed by atoms with Gasteiger partial charge >= 0.3 is 5.00 Å². The summed E-state index contributed by atoms with van der Waals surface area (Å²) in [5, 5.41) is 11.7. The van der Waals surface area contributed by atoms with E-state index in [1.165, 1.54) is 11.8 Å². The highest BCUT2D eigenvalue weighted by Crippen LogP contribution is 2.34. The zero-order valence-electron chi connectivity index (χ0n) is 13.2. The molecule has 4 rings (SSSR count). The second kappa shape index (κ2) is 5.86. The van der Waals surface area contributed by atoms with Crippen LogP contribution in [0.3, 0.4) is 0 Å². The Morgan fingerprint density at radius 3 is 3.12 bits per heavy atom. The van der Waals surface area contributed by atoms with Crippen LogP contribution < -0.4 is 4.90 Å². The van der Waals surface area contributed by atoms with Crippen LogP contribution in [0.15, 0.2) is 24.4 Å². The van der Waals surface area contributed by atoms with E-state index in [4.69, 9.17) is 4.98 Å². The van der Waals surface area contributed by atoms with Crippen molar-refractivity contribution in [1.29, 1.82) is 0 Å². The number of aromatic nitrogens is 3. The number of aryl methyl sites for hydroxylation is 1. The summed E-state index contributed by atoms with van der Waals surface area (Å²) in [7, 11) is 0. The van der Waals surface area contributed by atoms with Crippen molar-refractivity contribution >= 4 is 32.5 Å². The molecule has 3 aromatic rings. The first-order valence-electron chi connectivity index (χ1n) is 7.91. The highest BCUT2D eigenvalue weighted by molar-refractivity contribution is 7.18. The zero-order chi connectivity index (χ0) is 16.7. The number of rotatable bonds is 3. The van der Waals surface area contributed by atoms with E-state index in [1.807, 2.05) is 6.07 Å². The first kappa shape index (κ1) is 15.1. The quantitative estimate of drug-likeness (QED) is 0.579. The van der Waals surface area contributed by atoms with E-state index >= 15 is 0 Å². The number of nitrogens with one attached hydrogen (secondary N) is 1. The number of H-pyrrole nitrogens is 1.